The molecule has 1 aliphatic heterocycles. The van der Waals surface area contributed by atoms with E-state index in [1.54, 1.807) is 0 Å². The van der Waals surface area contributed by atoms with Crippen molar-refractivity contribution in [2.75, 3.05) is 23.7 Å². The summed E-state index contributed by atoms with van der Waals surface area (Å²) >= 11 is 1.30. The lowest BCUT2D eigenvalue weighted by Crippen LogP contribution is -2.39. The molecule has 6 nitrogen and oxygen atoms in total. The minimum atomic E-state index is -0.513. The number of piperidine rings is 1. The van der Waals surface area contributed by atoms with Gasteiger partial charge in [0.1, 0.15) is 15.6 Å². The van der Waals surface area contributed by atoms with E-state index in [9.17, 15) is 4.79 Å². The summed E-state index contributed by atoms with van der Waals surface area (Å²) < 4.78 is 5.79. The molecule has 0 aromatic carbocycles. The van der Waals surface area contributed by atoms with Crippen molar-refractivity contribution < 1.29 is 9.53 Å². The number of ether oxygens (including phenoxy) is 1. The molecule has 0 radical (unpaired) electrons. The van der Waals surface area contributed by atoms with Gasteiger partial charge in [-0.2, -0.15) is 0 Å². The molecule has 0 aliphatic carbocycles. The number of amides is 1. The van der Waals surface area contributed by atoms with Crippen LogP contribution in [0.5, 0.6) is 5.75 Å². The van der Waals surface area contributed by atoms with E-state index in [4.69, 9.17) is 21.9 Å². The smallest absolute Gasteiger partial charge is 0.261 e. The first-order chi connectivity index (χ1) is 9.40. The number of primary amides is 1. The second-order valence-electron chi connectivity index (χ2n) is 5.33. The number of hydrogen-bond acceptors (Lipinski definition) is 6. The third kappa shape index (κ3) is 2.99. The second-order valence-corrected chi connectivity index (χ2v) is 6.33. The van der Waals surface area contributed by atoms with Crippen LogP contribution in [0.3, 0.4) is 0 Å². The number of rotatable bonds is 4. The maximum absolute atomic E-state index is 11.5. The number of carbonyl (C=O) groups is 1. The number of carbonyl (C=O) groups excluding carboxylic acids is 1. The van der Waals surface area contributed by atoms with Gasteiger partial charge in [0.2, 0.25) is 0 Å². The molecule has 0 atom stereocenters. The fraction of sp³-hybridized carbons (Fsp3) is 0.615. The Labute approximate surface area is 122 Å². The minimum Gasteiger partial charge on any atom is -0.486 e. The summed E-state index contributed by atoms with van der Waals surface area (Å²) in [6.07, 6.45) is 1.83. The van der Waals surface area contributed by atoms with Gasteiger partial charge in [-0.05, 0) is 26.7 Å². The standard InChI is InChI=1S/C13H22N4O2S/c1-7(2)19-10-9(15)11(12(16)18)20-13(10)17-5-3-8(14)4-6-17/h7-8H,3-6,14-15H2,1-2H3,(H2,16,18). The highest BCUT2D eigenvalue weighted by molar-refractivity contribution is 7.19. The Bertz CT molecular complexity index is 493. The van der Waals surface area contributed by atoms with Gasteiger partial charge in [-0.3, -0.25) is 4.79 Å². The largest absolute Gasteiger partial charge is 0.486 e. The van der Waals surface area contributed by atoms with Crippen LogP contribution in [0.15, 0.2) is 0 Å². The van der Waals surface area contributed by atoms with Gasteiger partial charge in [0, 0.05) is 19.1 Å². The third-order valence-corrected chi connectivity index (χ3v) is 4.55. The van der Waals surface area contributed by atoms with Crippen LogP contribution in [0.1, 0.15) is 36.4 Å². The van der Waals surface area contributed by atoms with E-state index >= 15 is 0 Å². The highest BCUT2D eigenvalue weighted by atomic mass is 32.1. The van der Waals surface area contributed by atoms with Gasteiger partial charge >= 0.3 is 0 Å². The van der Waals surface area contributed by atoms with Gasteiger partial charge in [0.05, 0.1) is 6.10 Å². The summed E-state index contributed by atoms with van der Waals surface area (Å²) in [5.41, 5.74) is 17.7. The Hall–Kier alpha value is -1.47. The number of nitrogens with two attached hydrogens (primary N) is 3. The monoisotopic (exact) mass is 298 g/mol. The number of anilines is 2. The van der Waals surface area contributed by atoms with Crippen molar-refractivity contribution in [3.8, 4) is 5.75 Å². The maximum Gasteiger partial charge on any atom is 0.261 e. The lowest BCUT2D eigenvalue weighted by Gasteiger charge is -2.31. The number of nitrogens with zero attached hydrogens (tertiary/aromatic N) is 1. The van der Waals surface area contributed by atoms with Crippen molar-refractivity contribution >= 4 is 27.9 Å². The summed E-state index contributed by atoms with van der Waals surface area (Å²) in [7, 11) is 0. The zero-order chi connectivity index (χ0) is 14.9. The van der Waals surface area contributed by atoms with E-state index in [1.807, 2.05) is 13.8 Å². The summed E-state index contributed by atoms with van der Waals surface area (Å²) in [5, 5.41) is 0.886. The van der Waals surface area contributed by atoms with Crippen LogP contribution in [-0.4, -0.2) is 31.1 Å². The van der Waals surface area contributed by atoms with Crippen LogP contribution in [0.4, 0.5) is 10.7 Å². The van der Waals surface area contributed by atoms with E-state index < -0.39 is 5.91 Å². The van der Waals surface area contributed by atoms with E-state index in [1.165, 1.54) is 11.3 Å². The summed E-state index contributed by atoms with van der Waals surface area (Å²) in [6.45, 7) is 5.54. The van der Waals surface area contributed by atoms with Gasteiger partial charge in [-0.1, -0.05) is 0 Å². The topological polar surface area (TPSA) is 108 Å². The molecule has 2 heterocycles. The van der Waals surface area contributed by atoms with Gasteiger partial charge < -0.3 is 26.8 Å². The van der Waals surface area contributed by atoms with Crippen molar-refractivity contribution in [3.63, 3.8) is 0 Å². The molecule has 0 spiro atoms. The van der Waals surface area contributed by atoms with Crippen LogP contribution < -0.4 is 26.8 Å². The zero-order valence-corrected chi connectivity index (χ0v) is 12.7. The fourth-order valence-corrected chi connectivity index (χ4v) is 3.32. The van der Waals surface area contributed by atoms with Crippen LogP contribution >= 0.6 is 11.3 Å². The molecule has 1 aliphatic rings. The lowest BCUT2D eigenvalue weighted by atomic mass is 10.1. The zero-order valence-electron chi connectivity index (χ0n) is 11.9. The molecule has 1 aromatic rings. The molecule has 1 saturated heterocycles. The van der Waals surface area contributed by atoms with Gasteiger partial charge in [-0.15, -0.1) is 11.3 Å². The van der Waals surface area contributed by atoms with Gasteiger partial charge in [0.25, 0.3) is 5.91 Å². The first-order valence-electron chi connectivity index (χ1n) is 6.79. The molecular weight excluding hydrogens is 276 g/mol. The number of nitrogen functional groups attached to an aromatic ring is 1. The molecule has 1 fully saturated rings. The highest BCUT2D eigenvalue weighted by Crippen LogP contribution is 2.45. The molecule has 0 unspecified atom stereocenters. The van der Waals surface area contributed by atoms with Crippen molar-refractivity contribution in [2.45, 2.75) is 38.8 Å². The van der Waals surface area contributed by atoms with Gasteiger partial charge in [-0.25, -0.2) is 0 Å². The first-order valence-corrected chi connectivity index (χ1v) is 7.61. The van der Waals surface area contributed by atoms with E-state index in [-0.39, 0.29) is 12.1 Å². The molecule has 112 valence electrons. The Balaban J connectivity index is 2.34. The summed E-state index contributed by atoms with van der Waals surface area (Å²) in [5.74, 6) is 0.0651. The van der Waals surface area contributed by atoms with Gasteiger partial charge in [0.15, 0.2) is 5.75 Å². The molecule has 6 N–H and O–H groups in total. The lowest BCUT2D eigenvalue weighted by molar-refractivity contribution is 0.100. The molecule has 0 saturated carbocycles. The van der Waals surface area contributed by atoms with Crippen LogP contribution in [-0.2, 0) is 0 Å². The Morgan fingerprint density at radius 1 is 1.40 bits per heavy atom. The van der Waals surface area contributed by atoms with Crippen molar-refractivity contribution in [3.05, 3.63) is 4.88 Å². The number of hydrogen-bond donors (Lipinski definition) is 3. The predicted octanol–water partition coefficient (Wildman–Crippen LogP) is 1.14. The summed E-state index contributed by atoms with van der Waals surface area (Å²) in [4.78, 5) is 14.0. The molecule has 1 aromatic heterocycles. The molecule has 20 heavy (non-hydrogen) atoms. The molecular formula is C13H22N4O2S. The van der Waals surface area contributed by atoms with E-state index in [0.717, 1.165) is 30.9 Å². The normalized spacial score (nSPS) is 16.7. The second kappa shape index (κ2) is 5.88. The average Bonchev–Trinajstić information content (AvgIpc) is 2.68. The van der Waals surface area contributed by atoms with Crippen molar-refractivity contribution in [1.29, 1.82) is 0 Å². The average molecular weight is 298 g/mol. The first kappa shape index (κ1) is 14.9. The fourth-order valence-electron chi connectivity index (χ4n) is 2.26. The Kier molecular flexibility index (Phi) is 4.39. The quantitative estimate of drug-likeness (QED) is 0.772. The van der Waals surface area contributed by atoms with Crippen molar-refractivity contribution in [1.82, 2.24) is 0 Å². The Morgan fingerprint density at radius 2 is 2.00 bits per heavy atom. The van der Waals surface area contributed by atoms with Crippen molar-refractivity contribution in [2.24, 2.45) is 11.5 Å². The van der Waals surface area contributed by atoms with Crippen LogP contribution in [0, 0.1) is 0 Å². The summed E-state index contributed by atoms with van der Waals surface area (Å²) in [6, 6.07) is 0.244. The molecule has 1 amide bonds. The third-order valence-electron chi connectivity index (χ3n) is 3.29. The highest BCUT2D eigenvalue weighted by Gasteiger charge is 2.27. The molecule has 2 rings (SSSR count). The SMILES string of the molecule is CC(C)Oc1c(N2CCC(N)CC2)sc(C(N)=O)c1N. The molecule has 0 bridgehead atoms. The number of thiophene rings is 1. The minimum absolute atomic E-state index is 0.0153. The van der Waals surface area contributed by atoms with Crippen LogP contribution in [0.25, 0.3) is 0 Å². The van der Waals surface area contributed by atoms with E-state index in [0.29, 0.717) is 16.3 Å². The maximum atomic E-state index is 11.5. The Morgan fingerprint density at radius 3 is 2.50 bits per heavy atom. The van der Waals surface area contributed by atoms with E-state index in [2.05, 4.69) is 4.90 Å². The predicted molar refractivity (Wildman–Crippen MR) is 82.4 cm³/mol. The van der Waals surface area contributed by atoms with Crippen LogP contribution in [0.2, 0.25) is 0 Å². The molecule has 7 heteroatoms.